The second-order valence-corrected chi connectivity index (χ2v) is 4.43. The first kappa shape index (κ1) is 12.6. The van der Waals surface area contributed by atoms with E-state index in [0.717, 1.165) is 5.56 Å². The van der Waals surface area contributed by atoms with Crippen LogP contribution in [0.4, 0.5) is 0 Å². The van der Waals surface area contributed by atoms with Crippen molar-refractivity contribution in [3.63, 3.8) is 0 Å². The fourth-order valence-electron chi connectivity index (χ4n) is 1.42. The number of halogens is 1. The second kappa shape index (κ2) is 5.64. The van der Waals surface area contributed by atoms with Crippen LogP contribution in [-0.2, 0) is 11.2 Å². The van der Waals surface area contributed by atoms with E-state index in [1.807, 2.05) is 12.1 Å². The molecule has 0 fully saturated rings. The highest BCUT2D eigenvalue weighted by Gasteiger charge is 2.02. The lowest BCUT2D eigenvalue weighted by molar-refractivity contribution is -0.136. The molecule has 2 rings (SSSR count). The van der Waals surface area contributed by atoms with Crippen molar-refractivity contribution >= 4 is 21.9 Å². The third kappa shape index (κ3) is 3.56. The maximum Gasteiger partial charge on any atom is 0.307 e. The highest BCUT2D eigenvalue weighted by molar-refractivity contribution is 9.10. The minimum absolute atomic E-state index is 0.00934. The van der Waals surface area contributed by atoms with Crippen molar-refractivity contribution < 1.29 is 14.6 Å². The highest BCUT2D eigenvalue weighted by Crippen LogP contribution is 2.21. The molecule has 1 heterocycles. The van der Waals surface area contributed by atoms with Gasteiger partial charge in [0.25, 0.3) is 0 Å². The normalized spacial score (nSPS) is 10.1. The zero-order valence-electron chi connectivity index (χ0n) is 9.34. The molecule has 4 nitrogen and oxygen atoms in total. The lowest BCUT2D eigenvalue weighted by Gasteiger charge is -2.05. The number of carboxylic acids is 1. The Bertz CT molecular complexity index is 554. The van der Waals surface area contributed by atoms with Crippen LogP contribution in [-0.4, -0.2) is 16.1 Å². The predicted octanol–water partition coefficient (Wildman–Crippen LogP) is 3.26. The molecule has 0 saturated heterocycles. The summed E-state index contributed by atoms with van der Waals surface area (Å²) in [6.07, 6.45) is 0.00934. The fourth-order valence-corrected chi connectivity index (χ4v) is 1.74. The van der Waals surface area contributed by atoms with Crippen molar-refractivity contribution in [3.05, 3.63) is 52.6 Å². The SMILES string of the molecule is O=C(O)Cc1ccc(Oc2cccc(Br)n2)cc1. The van der Waals surface area contributed by atoms with Gasteiger partial charge in [-0.3, -0.25) is 4.79 Å². The van der Waals surface area contributed by atoms with Crippen molar-refractivity contribution in [1.82, 2.24) is 4.98 Å². The summed E-state index contributed by atoms with van der Waals surface area (Å²) in [6, 6.07) is 12.3. The number of nitrogens with zero attached hydrogens (tertiary/aromatic N) is 1. The van der Waals surface area contributed by atoms with Crippen molar-refractivity contribution in [2.75, 3.05) is 0 Å². The Labute approximate surface area is 112 Å². The Balaban J connectivity index is 2.08. The molecule has 1 N–H and O–H groups in total. The van der Waals surface area contributed by atoms with Gasteiger partial charge in [-0.15, -0.1) is 0 Å². The van der Waals surface area contributed by atoms with Gasteiger partial charge in [-0.2, -0.15) is 0 Å². The smallest absolute Gasteiger partial charge is 0.307 e. The van der Waals surface area contributed by atoms with Crippen molar-refractivity contribution in [2.45, 2.75) is 6.42 Å². The van der Waals surface area contributed by atoms with Crippen LogP contribution in [0.15, 0.2) is 47.1 Å². The number of benzene rings is 1. The Morgan fingerprint density at radius 1 is 1.22 bits per heavy atom. The minimum Gasteiger partial charge on any atom is -0.481 e. The summed E-state index contributed by atoms with van der Waals surface area (Å²) in [5.74, 6) is 0.252. The number of aromatic nitrogens is 1. The summed E-state index contributed by atoms with van der Waals surface area (Å²) in [4.78, 5) is 14.7. The molecule has 1 aromatic carbocycles. The number of carboxylic acid groups (broad SMARTS) is 1. The molecule has 0 bridgehead atoms. The molecule has 92 valence electrons. The lowest BCUT2D eigenvalue weighted by atomic mass is 10.1. The van der Waals surface area contributed by atoms with Gasteiger partial charge in [0.05, 0.1) is 6.42 Å². The molecule has 5 heteroatoms. The molecule has 0 aliphatic heterocycles. The molecule has 0 saturated carbocycles. The first-order chi connectivity index (χ1) is 8.63. The third-order valence-electron chi connectivity index (χ3n) is 2.19. The minimum atomic E-state index is -0.850. The Hall–Kier alpha value is -1.88. The van der Waals surface area contributed by atoms with Crippen LogP contribution in [0.1, 0.15) is 5.56 Å². The summed E-state index contributed by atoms with van der Waals surface area (Å²) in [5.41, 5.74) is 0.733. The van der Waals surface area contributed by atoms with Crippen LogP contribution >= 0.6 is 15.9 Å². The van der Waals surface area contributed by atoms with Crippen molar-refractivity contribution in [1.29, 1.82) is 0 Å². The van der Waals surface area contributed by atoms with Gasteiger partial charge in [-0.05, 0) is 39.7 Å². The van der Waals surface area contributed by atoms with E-state index < -0.39 is 5.97 Å². The number of carbonyl (C=O) groups is 1. The van der Waals surface area contributed by atoms with E-state index in [9.17, 15) is 4.79 Å². The van der Waals surface area contributed by atoms with E-state index >= 15 is 0 Å². The van der Waals surface area contributed by atoms with E-state index in [2.05, 4.69) is 20.9 Å². The van der Waals surface area contributed by atoms with Crippen LogP contribution < -0.4 is 4.74 Å². The summed E-state index contributed by atoms with van der Waals surface area (Å²) in [7, 11) is 0. The van der Waals surface area contributed by atoms with E-state index in [0.29, 0.717) is 16.2 Å². The summed E-state index contributed by atoms with van der Waals surface area (Å²) < 4.78 is 6.23. The van der Waals surface area contributed by atoms with Crippen LogP contribution in [0.2, 0.25) is 0 Å². The van der Waals surface area contributed by atoms with Gasteiger partial charge in [0, 0.05) is 6.07 Å². The average molecular weight is 308 g/mol. The lowest BCUT2D eigenvalue weighted by Crippen LogP contribution is -1.99. The van der Waals surface area contributed by atoms with Gasteiger partial charge in [-0.1, -0.05) is 18.2 Å². The first-order valence-electron chi connectivity index (χ1n) is 5.24. The average Bonchev–Trinajstić information content (AvgIpc) is 2.31. The zero-order chi connectivity index (χ0) is 13.0. The molecule has 0 aliphatic rings. The van der Waals surface area contributed by atoms with Gasteiger partial charge < -0.3 is 9.84 Å². The predicted molar refractivity (Wildman–Crippen MR) is 69.8 cm³/mol. The molecule has 0 spiro atoms. The second-order valence-electron chi connectivity index (χ2n) is 3.62. The first-order valence-corrected chi connectivity index (χ1v) is 6.04. The van der Waals surface area contributed by atoms with Crippen LogP contribution in [0.25, 0.3) is 0 Å². The largest absolute Gasteiger partial charge is 0.481 e. The highest BCUT2D eigenvalue weighted by atomic mass is 79.9. The molecule has 0 radical (unpaired) electrons. The molecule has 18 heavy (non-hydrogen) atoms. The maximum absolute atomic E-state index is 10.5. The van der Waals surface area contributed by atoms with Crippen LogP contribution in [0, 0.1) is 0 Å². The quantitative estimate of drug-likeness (QED) is 0.881. The van der Waals surface area contributed by atoms with E-state index in [4.69, 9.17) is 9.84 Å². The summed E-state index contributed by atoms with van der Waals surface area (Å²) >= 11 is 3.26. The van der Waals surface area contributed by atoms with Crippen molar-refractivity contribution in [3.8, 4) is 11.6 Å². The van der Waals surface area contributed by atoms with Gasteiger partial charge >= 0.3 is 5.97 Å². The molecule has 0 unspecified atom stereocenters. The number of ether oxygens (including phenoxy) is 1. The summed E-state index contributed by atoms with van der Waals surface area (Å²) in [5, 5.41) is 8.66. The number of rotatable bonds is 4. The summed E-state index contributed by atoms with van der Waals surface area (Å²) in [6.45, 7) is 0. The van der Waals surface area contributed by atoms with Crippen LogP contribution in [0.5, 0.6) is 11.6 Å². The fraction of sp³-hybridized carbons (Fsp3) is 0.0769. The van der Waals surface area contributed by atoms with E-state index in [-0.39, 0.29) is 6.42 Å². The van der Waals surface area contributed by atoms with E-state index in [1.54, 1.807) is 30.3 Å². The molecular formula is C13H10BrNO3. The molecule has 0 aliphatic carbocycles. The monoisotopic (exact) mass is 307 g/mol. The Kier molecular flexibility index (Phi) is 3.94. The Morgan fingerprint density at radius 2 is 1.94 bits per heavy atom. The molecular weight excluding hydrogens is 298 g/mol. The zero-order valence-corrected chi connectivity index (χ0v) is 10.9. The molecule has 0 atom stereocenters. The maximum atomic E-state index is 10.5. The number of pyridine rings is 1. The number of aliphatic carboxylic acids is 1. The topological polar surface area (TPSA) is 59.4 Å². The van der Waals surface area contributed by atoms with Crippen LogP contribution in [0.3, 0.4) is 0 Å². The Morgan fingerprint density at radius 3 is 2.56 bits per heavy atom. The van der Waals surface area contributed by atoms with Gasteiger partial charge in [0.2, 0.25) is 5.88 Å². The van der Waals surface area contributed by atoms with Crippen molar-refractivity contribution in [2.24, 2.45) is 0 Å². The third-order valence-corrected chi connectivity index (χ3v) is 2.63. The van der Waals surface area contributed by atoms with Gasteiger partial charge in [-0.25, -0.2) is 4.98 Å². The van der Waals surface area contributed by atoms with Gasteiger partial charge in [0.15, 0.2) is 0 Å². The van der Waals surface area contributed by atoms with E-state index in [1.165, 1.54) is 0 Å². The molecule has 2 aromatic rings. The molecule has 1 aromatic heterocycles. The molecule has 0 amide bonds. The standard InChI is InChI=1S/C13H10BrNO3/c14-11-2-1-3-12(15-11)18-10-6-4-9(5-7-10)8-13(16)17/h1-7H,8H2,(H,16,17). The van der Waals surface area contributed by atoms with Gasteiger partial charge in [0.1, 0.15) is 10.4 Å². The number of hydrogen-bond donors (Lipinski definition) is 1. The number of hydrogen-bond acceptors (Lipinski definition) is 3.